The SMILES string of the molecule is CCn1nc(C(=O)O)c(Cl)c1-c1ccccn1. The highest BCUT2D eigenvalue weighted by atomic mass is 35.5. The molecule has 2 aromatic rings. The van der Waals surface area contributed by atoms with Crippen molar-refractivity contribution in [3.63, 3.8) is 0 Å². The molecular formula is C11H10ClN3O2. The molecule has 2 rings (SSSR count). The molecule has 0 aliphatic carbocycles. The number of carboxylic acid groups (broad SMARTS) is 1. The minimum Gasteiger partial charge on any atom is -0.476 e. The highest BCUT2D eigenvalue weighted by Gasteiger charge is 2.22. The fraction of sp³-hybridized carbons (Fsp3) is 0.182. The molecule has 6 heteroatoms. The maximum Gasteiger partial charge on any atom is 0.358 e. The standard InChI is InChI=1S/C11H10ClN3O2/c1-2-15-10(7-5-3-4-6-13-7)8(12)9(14-15)11(16)17/h3-6H,2H2,1H3,(H,16,17). The Morgan fingerprint density at radius 1 is 1.53 bits per heavy atom. The number of aryl methyl sites for hydroxylation is 1. The van der Waals surface area contributed by atoms with Gasteiger partial charge in [-0.2, -0.15) is 5.10 Å². The number of pyridine rings is 1. The van der Waals surface area contributed by atoms with Crippen LogP contribution in [0.3, 0.4) is 0 Å². The zero-order valence-electron chi connectivity index (χ0n) is 9.09. The second kappa shape index (κ2) is 4.55. The molecule has 0 aliphatic heterocycles. The summed E-state index contributed by atoms with van der Waals surface area (Å²) < 4.78 is 1.54. The fourth-order valence-corrected chi connectivity index (χ4v) is 1.87. The third-order valence-corrected chi connectivity index (χ3v) is 2.66. The molecule has 0 saturated heterocycles. The fourth-order valence-electron chi connectivity index (χ4n) is 1.55. The second-order valence-electron chi connectivity index (χ2n) is 3.35. The van der Waals surface area contributed by atoms with Crippen LogP contribution in [0.15, 0.2) is 24.4 Å². The molecule has 0 fully saturated rings. The maximum absolute atomic E-state index is 11.0. The highest BCUT2D eigenvalue weighted by molar-refractivity contribution is 6.35. The molecule has 0 amide bonds. The van der Waals surface area contributed by atoms with E-state index >= 15 is 0 Å². The first-order valence-electron chi connectivity index (χ1n) is 5.06. The number of nitrogens with zero attached hydrogens (tertiary/aromatic N) is 3. The van der Waals surface area contributed by atoms with Gasteiger partial charge in [0.2, 0.25) is 0 Å². The van der Waals surface area contributed by atoms with Crippen molar-refractivity contribution in [1.29, 1.82) is 0 Å². The van der Waals surface area contributed by atoms with Gasteiger partial charge in [0, 0.05) is 12.7 Å². The van der Waals surface area contributed by atoms with Gasteiger partial charge in [0.15, 0.2) is 5.69 Å². The number of carboxylic acids is 1. The summed E-state index contributed by atoms with van der Waals surface area (Å²) in [6.07, 6.45) is 1.62. The van der Waals surface area contributed by atoms with Crippen molar-refractivity contribution < 1.29 is 9.90 Å². The van der Waals surface area contributed by atoms with Gasteiger partial charge in [-0.15, -0.1) is 0 Å². The lowest BCUT2D eigenvalue weighted by Gasteiger charge is -2.03. The lowest BCUT2D eigenvalue weighted by Crippen LogP contribution is -2.02. The monoisotopic (exact) mass is 251 g/mol. The van der Waals surface area contributed by atoms with Gasteiger partial charge in [0.25, 0.3) is 0 Å². The molecule has 1 N–H and O–H groups in total. The predicted octanol–water partition coefficient (Wildman–Crippen LogP) is 2.32. The van der Waals surface area contributed by atoms with E-state index < -0.39 is 5.97 Å². The first kappa shape index (κ1) is 11.6. The van der Waals surface area contributed by atoms with Gasteiger partial charge in [-0.25, -0.2) is 4.79 Å². The quantitative estimate of drug-likeness (QED) is 0.909. The van der Waals surface area contributed by atoms with Crippen molar-refractivity contribution in [2.45, 2.75) is 13.5 Å². The van der Waals surface area contributed by atoms with Crippen LogP contribution in [0, 0.1) is 0 Å². The molecular weight excluding hydrogens is 242 g/mol. The summed E-state index contributed by atoms with van der Waals surface area (Å²) in [6.45, 7) is 2.39. The van der Waals surface area contributed by atoms with Gasteiger partial charge in [-0.3, -0.25) is 9.67 Å². The van der Waals surface area contributed by atoms with Crippen molar-refractivity contribution in [3.8, 4) is 11.4 Å². The number of rotatable bonds is 3. The molecule has 5 nitrogen and oxygen atoms in total. The number of aromatic nitrogens is 3. The Balaban J connectivity index is 2.64. The van der Waals surface area contributed by atoms with Crippen molar-refractivity contribution in [3.05, 3.63) is 35.1 Å². The summed E-state index contributed by atoms with van der Waals surface area (Å²) in [7, 11) is 0. The lowest BCUT2D eigenvalue weighted by atomic mass is 10.2. The van der Waals surface area contributed by atoms with Gasteiger partial charge in [0.1, 0.15) is 10.7 Å². The molecule has 0 spiro atoms. The molecule has 0 unspecified atom stereocenters. The number of hydrogen-bond donors (Lipinski definition) is 1. The van der Waals surface area contributed by atoms with Gasteiger partial charge in [-0.05, 0) is 19.1 Å². The highest BCUT2D eigenvalue weighted by Crippen LogP contribution is 2.29. The number of hydrogen-bond acceptors (Lipinski definition) is 3. The van der Waals surface area contributed by atoms with E-state index in [9.17, 15) is 4.79 Å². The molecule has 88 valence electrons. The van der Waals surface area contributed by atoms with Gasteiger partial charge in [-0.1, -0.05) is 17.7 Å². The summed E-state index contributed by atoms with van der Waals surface area (Å²) in [5.74, 6) is -1.14. The Morgan fingerprint density at radius 2 is 2.29 bits per heavy atom. The molecule has 0 saturated carbocycles. The van der Waals surface area contributed by atoms with Crippen LogP contribution in [-0.4, -0.2) is 25.8 Å². The minimum absolute atomic E-state index is 0.123. The van der Waals surface area contributed by atoms with Crippen molar-refractivity contribution in [2.24, 2.45) is 0 Å². The van der Waals surface area contributed by atoms with E-state index in [0.717, 1.165) is 0 Å². The predicted molar refractivity (Wildman–Crippen MR) is 63.1 cm³/mol. The zero-order valence-corrected chi connectivity index (χ0v) is 9.85. The number of carbonyl (C=O) groups is 1. The molecule has 0 bridgehead atoms. The maximum atomic E-state index is 11.0. The Kier molecular flexibility index (Phi) is 3.10. The third-order valence-electron chi connectivity index (χ3n) is 2.30. The van der Waals surface area contributed by atoms with Crippen LogP contribution in [0.1, 0.15) is 17.4 Å². The van der Waals surface area contributed by atoms with Crippen LogP contribution < -0.4 is 0 Å². The van der Waals surface area contributed by atoms with E-state index in [2.05, 4.69) is 10.1 Å². The van der Waals surface area contributed by atoms with Crippen LogP contribution in [0.4, 0.5) is 0 Å². The minimum atomic E-state index is -1.14. The van der Waals surface area contributed by atoms with E-state index in [4.69, 9.17) is 16.7 Å². The molecule has 2 heterocycles. The van der Waals surface area contributed by atoms with E-state index in [1.54, 1.807) is 18.3 Å². The normalized spacial score (nSPS) is 10.5. The summed E-state index contributed by atoms with van der Waals surface area (Å²) in [4.78, 5) is 15.1. The third kappa shape index (κ3) is 2.01. The van der Waals surface area contributed by atoms with Gasteiger partial charge in [0.05, 0.1) is 5.69 Å². The smallest absolute Gasteiger partial charge is 0.358 e. The van der Waals surface area contributed by atoms with Crippen LogP contribution in [-0.2, 0) is 6.54 Å². The summed E-state index contributed by atoms with van der Waals surface area (Å²) in [6, 6.07) is 5.36. The Morgan fingerprint density at radius 3 is 2.82 bits per heavy atom. The first-order chi connectivity index (χ1) is 8.15. The van der Waals surface area contributed by atoms with E-state index in [1.165, 1.54) is 4.68 Å². The Bertz CT molecular complexity index is 551. The zero-order chi connectivity index (χ0) is 12.4. The average Bonchev–Trinajstić information content (AvgIpc) is 2.67. The van der Waals surface area contributed by atoms with E-state index in [0.29, 0.717) is 17.9 Å². The molecule has 0 aliphatic rings. The summed E-state index contributed by atoms with van der Waals surface area (Å²) in [5.41, 5.74) is 1.00. The summed E-state index contributed by atoms with van der Waals surface area (Å²) in [5, 5.41) is 13.0. The molecule has 17 heavy (non-hydrogen) atoms. The lowest BCUT2D eigenvalue weighted by molar-refractivity contribution is 0.0689. The Hall–Kier alpha value is -1.88. The van der Waals surface area contributed by atoms with Crippen molar-refractivity contribution >= 4 is 17.6 Å². The average molecular weight is 252 g/mol. The van der Waals surface area contributed by atoms with Crippen LogP contribution in [0.5, 0.6) is 0 Å². The van der Waals surface area contributed by atoms with Crippen molar-refractivity contribution in [1.82, 2.24) is 14.8 Å². The Labute approximate surface area is 103 Å². The van der Waals surface area contributed by atoms with E-state index in [-0.39, 0.29) is 10.7 Å². The molecule has 2 aromatic heterocycles. The number of halogens is 1. The van der Waals surface area contributed by atoms with Crippen LogP contribution >= 0.6 is 11.6 Å². The van der Waals surface area contributed by atoms with Crippen LogP contribution in [0.2, 0.25) is 5.02 Å². The second-order valence-corrected chi connectivity index (χ2v) is 3.73. The topological polar surface area (TPSA) is 68.0 Å². The largest absolute Gasteiger partial charge is 0.476 e. The first-order valence-corrected chi connectivity index (χ1v) is 5.44. The number of aromatic carboxylic acids is 1. The van der Waals surface area contributed by atoms with Crippen LogP contribution in [0.25, 0.3) is 11.4 Å². The molecule has 0 aromatic carbocycles. The van der Waals surface area contributed by atoms with E-state index in [1.807, 2.05) is 13.0 Å². The van der Waals surface area contributed by atoms with Gasteiger partial charge >= 0.3 is 5.97 Å². The van der Waals surface area contributed by atoms with Crippen molar-refractivity contribution in [2.75, 3.05) is 0 Å². The summed E-state index contributed by atoms with van der Waals surface area (Å²) >= 11 is 6.03. The molecule has 0 atom stereocenters. The molecule has 0 radical (unpaired) electrons. The van der Waals surface area contributed by atoms with Gasteiger partial charge < -0.3 is 5.11 Å².